The molecule has 7 aromatic carbocycles. The Kier molecular flexibility index (Phi) is 6.86. The predicted molar refractivity (Wildman–Crippen MR) is 236 cm³/mol. The van der Waals surface area contributed by atoms with Gasteiger partial charge in [-0.05, 0) is 101 Å². The molecule has 5 nitrogen and oxygen atoms in total. The Bertz CT molecular complexity index is 3240. The van der Waals surface area contributed by atoms with E-state index in [-0.39, 0.29) is 0 Å². The van der Waals surface area contributed by atoms with Gasteiger partial charge in [-0.25, -0.2) is 4.98 Å². The van der Waals surface area contributed by atoms with Crippen molar-refractivity contribution in [2.24, 2.45) is 0 Å². The van der Waals surface area contributed by atoms with Gasteiger partial charge in [0.15, 0.2) is 0 Å². The second kappa shape index (κ2) is 12.4. The lowest BCUT2D eigenvalue weighted by molar-refractivity contribution is 1.08. The Balaban J connectivity index is 1.09. The largest absolute Gasteiger partial charge is 0.309 e. The van der Waals surface area contributed by atoms with Gasteiger partial charge in [-0.3, -0.25) is 9.55 Å². The number of fused-ring (bicyclic) bond motifs is 9. The highest BCUT2D eigenvalue weighted by atomic mass is 15.1. The van der Waals surface area contributed by atoms with Gasteiger partial charge in [0, 0.05) is 62.3 Å². The summed E-state index contributed by atoms with van der Waals surface area (Å²) in [4.78, 5) is 9.34. The molecule has 12 aromatic rings. The highest BCUT2D eigenvalue weighted by Gasteiger charge is 2.19. The minimum atomic E-state index is 0.873. The van der Waals surface area contributed by atoms with Gasteiger partial charge in [0.25, 0.3) is 0 Å². The molecule has 0 aliphatic heterocycles. The minimum absolute atomic E-state index is 0.873. The van der Waals surface area contributed by atoms with E-state index in [1.54, 1.807) is 0 Å². The molecule has 0 saturated heterocycles. The maximum absolute atomic E-state index is 5.03. The van der Waals surface area contributed by atoms with E-state index in [4.69, 9.17) is 4.98 Å². The number of benzene rings is 7. The number of nitrogens with zero attached hydrogens (tertiary/aromatic N) is 5. The zero-order chi connectivity index (χ0) is 37.5. The molecule has 0 bridgehead atoms. The monoisotopic (exact) mass is 727 g/mol. The van der Waals surface area contributed by atoms with Gasteiger partial charge in [0.2, 0.25) is 0 Å². The van der Waals surface area contributed by atoms with Crippen LogP contribution in [0.5, 0.6) is 0 Å². The van der Waals surface area contributed by atoms with Crippen molar-refractivity contribution in [1.29, 1.82) is 0 Å². The molecule has 0 radical (unpaired) electrons. The second-order valence-electron chi connectivity index (χ2n) is 14.7. The number of para-hydroxylation sites is 4. The van der Waals surface area contributed by atoms with Gasteiger partial charge in [0.1, 0.15) is 5.82 Å². The van der Waals surface area contributed by atoms with Gasteiger partial charge in [-0.15, -0.1) is 0 Å². The first-order valence-corrected chi connectivity index (χ1v) is 19.3. The van der Waals surface area contributed by atoms with E-state index < -0.39 is 0 Å². The molecular formula is C52H33N5. The van der Waals surface area contributed by atoms with Crippen molar-refractivity contribution in [3.05, 3.63) is 201 Å². The van der Waals surface area contributed by atoms with E-state index in [2.05, 4.69) is 195 Å². The molecule has 0 fully saturated rings. The van der Waals surface area contributed by atoms with Gasteiger partial charge in [-0.1, -0.05) is 103 Å². The molecular weight excluding hydrogens is 695 g/mol. The summed E-state index contributed by atoms with van der Waals surface area (Å²) >= 11 is 0. The fourth-order valence-corrected chi connectivity index (χ4v) is 9.03. The van der Waals surface area contributed by atoms with Gasteiger partial charge < -0.3 is 9.13 Å². The predicted octanol–water partition coefficient (Wildman–Crippen LogP) is 13.1. The number of aromatic nitrogens is 5. The Hall–Kier alpha value is -7.76. The molecule has 5 heterocycles. The lowest BCUT2D eigenvalue weighted by Gasteiger charge is -2.11. The van der Waals surface area contributed by atoms with Crippen LogP contribution in [0.1, 0.15) is 0 Å². The maximum Gasteiger partial charge on any atom is 0.138 e. The van der Waals surface area contributed by atoms with Gasteiger partial charge in [0.05, 0.1) is 33.1 Å². The van der Waals surface area contributed by atoms with Crippen LogP contribution < -0.4 is 0 Å². The fraction of sp³-hybridized carbons (Fsp3) is 0. The van der Waals surface area contributed by atoms with Crippen molar-refractivity contribution in [1.82, 2.24) is 23.7 Å². The standard InChI is InChI=1S/C52H33N5/c1-5-15-46-40(11-1)41-12-2-6-16-47(41)55(46)38-23-25-50-44(31-38)45-32-39(56-48-17-7-3-13-42(48)43-14-4-8-18-49(43)56)24-26-51(45)57(50)52-30-36(27-29-54-52)34-19-21-35(22-20-34)37-10-9-28-53-33-37/h1-33H. The van der Waals surface area contributed by atoms with Crippen LogP contribution in [0, 0.1) is 0 Å². The van der Waals surface area contributed by atoms with Crippen LogP contribution in [0.2, 0.25) is 0 Å². The van der Waals surface area contributed by atoms with Crippen molar-refractivity contribution in [2.75, 3.05) is 0 Å². The third-order valence-corrected chi connectivity index (χ3v) is 11.6. The molecule has 0 N–H and O–H groups in total. The molecule has 5 aromatic heterocycles. The molecule has 266 valence electrons. The van der Waals surface area contributed by atoms with Crippen LogP contribution in [0.25, 0.3) is 105 Å². The maximum atomic E-state index is 5.03. The van der Waals surface area contributed by atoms with E-state index in [9.17, 15) is 0 Å². The quantitative estimate of drug-likeness (QED) is 0.177. The summed E-state index contributed by atoms with van der Waals surface area (Å²) in [6.07, 6.45) is 5.64. The SMILES string of the molecule is c1cncc(-c2ccc(-c3ccnc(-n4c5ccc(-n6c7ccccc7c7ccccc76)cc5c5cc(-n6c7ccccc7c7ccccc76)ccc54)c3)cc2)c1. The number of pyridine rings is 2. The molecule has 0 amide bonds. The molecule has 0 unspecified atom stereocenters. The topological polar surface area (TPSA) is 40.6 Å². The minimum Gasteiger partial charge on any atom is -0.309 e. The van der Waals surface area contributed by atoms with Crippen molar-refractivity contribution in [3.8, 4) is 39.4 Å². The van der Waals surface area contributed by atoms with E-state index in [0.717, 1.165) is 50.5 Å². The summed E-state index contributed by atoms with van der Waals surface area (Å²) in [7, 11) is 0. The number of hydrogen-bond donors (Lipinski definition) is 0. The molecule has 0 atom stereocenters. The normalized spacial score (nSPS) is 11.9. The van der Waals surface area contributed by atoms with E-state index in [1.807, 2.05) is 24.7 Å². The molecule has 12 rings (SSSR count). The third kappa shape index (κ3) is 4.82. The Morgan fingerprint density at radius 2 is 0.754 bits per heavy atom. The smallest absolute Gasteiger partial charge is 0.138 e. The lowest BCUT2D eigenvalue weighted by Crippen LogP contribution is -1.99. The molecule has 0 saturated carbocycles. The van der Waals surface area contributed by atoms with E-state index in [0.29, 0.717) is 0 Å². The van der Waals surface area contributed by atoms with E-state index >= 15 is 0 Å². The first-order chi connectivity index (χ1) is 28.3. The van der Waals surface area contributed by atoms with Crippen molar-refractivity contribution < 1.29 is 0 Å². The molecule has 0 spiro atoms. The summed E-state index contributed by atoms with van der Waals surface area (Å²) in [6.45, 7) is 0. The van der Waals surface area contributed by atoms with Gasteiger partial charge in [-0.2, -0.15) is 0 Å². The summed E-state index contributed by atoms with van der Waals surface area (Å²) < 4.78 is 7.12. The van der Waals surface area contributed by atoms with Crippen molar-refractivity contribution in [3.63, 3.8) is 0 Å². The zero-order valence-electron chi connectivity index (χ0n) is 30.8. The number of rotatable bonds is 5. The number of hydrogen-bond acceptors (Lipinski definition) is 2. The van der Waals surface area contributed by atoms with Crippen LogP contribution >= 0.6 is 0 Å². The van der Waals surface area contributed by atoms with Crippen LogP contribution in [0.15, 0.2) is 201 Å². The Labute approximate surface area is 328 Å². The first kappa shape index (κ1) is 31.6. The van der Waals surface area contributed by atoms with Crippen LogP contribution in [-0.2, 0) is 0 Å². The Morgan fingerprint density at radius 1 is 0.298 bits per heavy atom. The van der Waals surface area contributed by atoms with E-state index in [1.165, 1.54) is 54.4 Å². The highest BCUT2D eigenvalue weighted by Crippen LogP contribution is 2.39. The van der Waals surface area contributed by atoms with Crippen molar-refractivity contribution >= 4 is 65.4 Å². The molecule has 5 heteroatoms. The summed E-state index contributed by atoms with van der Waals surface area (Å²) in [5.41, 5.74) is 13.7. The summed E-state index contributed by atoms with van der Waals surface area (Å²) in [5.74, 6) is 0.873. The molecule has 57 heavy (non-hydrogen) atoms. The van der Waals surface area contributed by atoms with Crippen LogP contribution in [0.3, 0.4) is 0 Å². The first-order valence-electron chi connectivity index (χ1n) is 19.3. The molecule has 0 aliphatic carbocycles. The average molecular weight is 728 g/mol. The molecule has 0 aliphatic rings. The highest BCUT2D eigenvalue weighted by molar-refractivity contribution is 6.14. The fourth-order valence-electron chi connectivity index (χ4n) is 9.03. The van der Waals surface area contributed by atoms with Crippen LogP contribution in [-0.4, -0.2) is 23.7 Å². The van der Waals surface area contributed by atoms with Gasteiger partial charge >= 0.3 is 0 Å². The summed E-state index contributed by atoms with van der Waals surface area (Å²) in [5, 5.41) is 7.33. The Morgan fingerprint density at radius 3 is 1.23 bits per heavy atom. The second-order valence-corrected chi connectivity index (χ2v) is 14.7. The summed E-state index contributed by atoms with van der Waals surface area (Å²) in [6, 6.07) is 65.7. The van der Waals surface area contributed by atoms with Crippen LogP contribution in [0.4, 0.5) is 0 Å². The average Bonchev–Trinajstić information content (AvgIpc) is 3.92. The third-order valence-electron chi connectivity index (χ3n) is 11.6. The zero-order valence-corrected chi connectivity index (χ0v) is 30.8. The lowest BCUT2D eigenvalue weighted by atomic mass is 10.0. The van der Waals surface area contributed by atoms with Crippen molar-refractivity contribution in [2.45, 2.75) is 0 Å².